The first kappa shape index (κ1) is 17.1. The van der Waals surface area contributed by atoms with E-state index in [1.54, 1.807) is 0 Å². The second-order valence-corrected chi connectivity index (χ2v) is 7.97. The monoisotopic (exact) mass is 349 g/mol. The van der Waals surface area contributed by atoms with Gasteiger partial charge in [-0.1, -0.05) is 36.4 Å². The Hall–Kier alpha value is -1.76. The number of hydrogen-bond donors (Lipinski definition) is 1. The molecule has 6 heteroatoms. The van der Waals surface area contributed by atoms with Crippen LogP contribution in [-0.4, -0.2) is 30.5 Å². The first-order valence-electron chi connectivity index (χ1n) is 7.94. The Morgan fingerprint density at radius 2 is 1.83 bits per heavy atom. The summed E-state index contributed by atoms with van der Waals surface area (Å²) in [7, 11) is -3.90. The lowest BCUT2D eigenvalue weighted by Gasteiger charge is -2.30. The van der Waals surface area contributed by atoms with E-state index in [-0.39, 0.29) is 24.0 Å². The molecule has 2 aromatic carbocycles. The molecule has 0 amide bonds. The molecule has 0 aromatic heterocycles. The van der Waals surface area contributed by atoms with Crippen molar-refractivity contribution in [3.8, 4) is 0 Å². The van der Waals surface area contributed by atoms with Gasteiger partial charge in [0.25, 0.3) is 0 Å². The normalized spacial score (nSPS) is 16.3. The molecular weight excluding hydrogens is 329 g/mol. The molecule has 3 rings (SSSR count). The molecule has 4 nitrogen and oxygen atoms in total. The van der Waals surface area contributed by atoms with Crippen molar-refractivity contribution < 1.29 is 17.9 Å². The van der Waals surface area contributed by atoms with Crippen LogP contribution in [0.1, 0.15) is 18.4 Å². The molecule has 1 saturated carbocycles. The average Bonchev–Trinajstić information content (AvgIpc) is 3.40. The van der Waals surface area contributed by atoms with Crippen LogP contribution in [0.2, 0.25) is 0 Å². The van der Waals surface area contributed by atoms with Crippen molar-refractivity contribution in [1.82, 2.24) is 4.31 Å². The molecule has 24 heavy (non-hydrogen) atoms. The van der Waals surface area contributed by atoms with Crippen LogP contribution in [0.5, 0.6) is 0 Å². The fourth-order valence-corrected chi connectivity index (χ4v) is 4.56. The van der Waals surface area contributed by atoms with Gasteiger partial charge in [-0.2, -0.15) is 4.31 Å². The van der Waals surface area contributed by atoms with Crippen LogP contribution >= 0.6 is 0 Å². The molecule has 0 bridgehead atoms. The molecule has 1 fully saturated rings. The van der Waals surface area contributed by atoms with Gasteiger partial charge in [-0.15, -0.1) is 0 Å². The third-order valence-electron chi connectivity index (χ3n) is 4.31. The van der Waals surface area contributed by atoms with Gasteiger partial charge in [0.1, 0.15) is 5.82 Å². The molecule has 0 radical (unpaired) electrons. The summed E-state index contributed by atoms with van der Waals surface area (Å²) >= 11 is 0. The lowest BCUT2D eigenvalue weighted by molar-refractivity contribution is 0.166. The Morgan fingerprint density at radius 1 is 1.12 bits per heavy atom. The molecule has 1 atom stereocenters. The summed E-state index contributed by atoms with van der Waals surface area (Å²) in [6.45, 7) is -0.0898. The van der Waals surface area contributed by atoms with Gasteiger partial charge in [0.05, 0.1) is 17.5 Å². The largest absolute Gasteiger partial charge is 0.395 e. The standard InChI is InChI=1S/C18H20FNO3S/c19-16-7-4-8-17(11-16)24(22,23)20(18(13-21)15-9-10-15)12-14-5-2-1-3-6-14/h1-8,11,15,18,21H,9-10,12-13H2. The molecule has 0 saturated heterocycles. The van der Waals surface area contributed by atoms with Crippen LogP contribution in [0.15, 0.2) is 59.5 Å². The van der Waals surface area contributed by atoms with Gasteiger partial charge in [0.2, 0.25) is 10.0 Å². The molecule has 0 spiro atoms. The highest BCUT2D eigenvalue weighted by molar-refractivity contribution is 7.89. The predicted octanol–water partition coefficient (Wildman–Crippen LogP) is 2.79. The SMILES string of the molecule is O=S(=O)(c1cccc(F)c1)N(Cc1ccccc1)C(CO)C1CC1. The maximum Gasteiger partial charge on any atom is 0.243 e. The van der Waals surface area contributed by atoms with E-state index in [9.17, 15) is 17.9 Å². The highest BCUT2D eigenvalue weighted by Gasteiger charge is 2.40. The summed E-state index contributed by atoms with van der Waals surface area (Å²) < 4.78 is 41.0. The third kappa shape index (κ3) is 3.66. The average molecular weight is 349 g/mol. The quantitative estimate of drug-likeness (QED) is 0.836. The minimum absolute atomic E-state index is 0.0856. The lowest BCUT2D eigenvalue weighted by atomic mass is 10.1. The second-order valence-electron chi connectivity index (χ2n) is 6.08. The topological polar surface area (TPSA) is 57.6 Å². The number of halogens is 1. The van der Waals surface area contributed by atoms with Crippen LogP contribution in [0.25, 0.3) is 0 Å². The Morgan fingerprint density at radius 3 is 2.42 bits per heavy atom. The summed E-state index contributed by atoms with van der Waals surface area (Å²) in [5.74, 6) is -0.440. The summed E-state index contributed by atoms with van der Waals surface area (Å²) in [6.07, 6.45) is 1.80. The van der Waals surface area contributed by atoms with Crippen LogP contribution in [0.3, 0.4) is 0 Å². The van der Waals surface area contributed by atoms with Crippen molar-refractivity contribution in [2.24, 2.45) is 5.92 Å². The molecule has 0 heterocycles. The maximum absolute atomic E-state index is 13.5. The second kappa shape index (κ2) is 7.01. The molecule has 1 unspecified atom stereocenters. The molecule has 1 N–H and O–H groups in total. The van der Waals surface area contributed by atoms with Crippen molar-refractivity contribution >= 4 is 10.0 Å². The van der Waals surface area contributed by atoms with Gasteiger partial charge < -0.3 is 5.11 Å². The van der Waals surface area contributed by atoms with E-state index in [1.807, 2.05) is 30.3 Å². The van der Waals surface area contributed by atoms with E-state index in [1.165, 1.54) is 22.5 Å². The molecule has 1 aliphatic carbocycles. The Bertz CT molecular complexity index is 791. The molecule has 2 aromatic rings. The van der Waals surface area contributed by atoms with E-state index in [2.05, 4.69) is 0 Å². The smallest absolute Gasteiger partial charge is 0.243 e. The summed E-state index contributed by atoms with van der Waals surface area (Å²) in [5.41, 5.74) is 0.830. The Kier molecular flexibility index (Phi) is 4.99. The highest BCUT2D eigenvalue weighted by atomic mass is 32.2. The van der Waals surface area contributed by atoms with Crippen molar-refractivity contribution in [2.45, 2.75) is 30.3 Å². The van der Waals surface area contributed by atoms with Crippen molar-refractivity contribution in [2.75, 3.05) is 6.61 Å². The number of aliphatic hydroxyl groups is 1. The minimum atomic E-state index is -3.90. The van der Waals surface area contributed by atoms with Crippen molar-refractivity contribution in [3.05, 3.63) is 66.0 Å². The van der Waals surface area contributed by atoms with E-state index < -0.39 is 21.9 Å². The van der Waals surface area contributed by atoms with Crippen LogP contribution < -0.4 is 0 Å². The minimum Gasteiger partial charge on any atom is -0.395 e. The maximum atomic E-state index is 13.5. The zero-order valence-corrected chi connectivity index (χ0v) is 14.0. The van der Waals surface area contributed by atoms with Gasteiger partial charge in [-0.25, -0.2) is 12.8 Å². The van der Waals surface area contributed by atoms with Gasteiger partial charge in [-0.3, -0.25) is 0 Å². The number of hydrogen-bond acceptors (Lipinski definition) is 3. The van der Waals surface area contributed by atoms with E-state index in [0.29, 0.717) is 0 Å². The van der Waals surface area contributed by atoms with Crippen molar-refractivity contribution in [3.63, 3.8) is 0 Å². The van der Waals surface area contributed by atoms with Crippen LogP contribution in [0, 0.1) is 11.7 Å². The Labute approximate surface area is 141 Å². The lowest BCUT2D eigenvalue weighted by Crippen LogP contribution is -2.43. The van der Waals surface area contributed by atoms with Crippen molar-refractivity contribution in [1.29, 1.82) is 0 Å². The number of aliphatic hydroxyl groups excluding tert-OH is 1. The van der Waals surface area contributed by atoms with Gasteiger partial charge in [0.15, 0.2) is 0 Å². The van der Waals surface area contributed by atoms with Gasteiger partial charge in [0, 0.05) is 6.54 Å². The number of nitrogens with zero attached hydrogens (tertiary/aromatic N) is 1. The predicted molar refractivity (Wildman–Crippen MR) is 89.2 cm³/mol. The van der Waals surface area contributed by atoms with Crippen LogP contribution in [0.4, 0.5) is 4.39 Å². The van der Waals surface area contributed by atoms with E-state index in [4.69, 9.17) is 0 Å². The third-order valence-corrected chi connectivity index (χ3v) is 6.17. The van der Waals surface area contributed by atoms with E-state index in [0.717, 1.165) is 24.5 Å². The number of sulfonamides is 1. The summed E-state index contributed by atoms with van der Waals surface area (Å²) in [6, 6.07) is 13.7. The molecule has 1 aliphatic rings. The fourth-order valence-electron chi connectivity index (χ4n) is 2.86. The molecule has 0 aliphatic heterocycles. The summed E-state index contributed by atoms with van der Waals surface area (Å²) in [4.78, 5) is -0.0856. The molecule has 128 valence electrons. The number of rotatable bonds is 7. The summed E-state index contributed by atoms with van der Waals surface area (Å²) in [5, 5.41) is 9.77. The Balaban J connectivity index is 1.99. The van der Waals surface area contributed by atoms with Gasteiger partial charge >= 0.3 is 0 Å². The zero-order chi connectivity index (χ0) is 17.2. The van der Waals surface area contributed by atoms with Gasteiger partial charge in [-0.05, 0) is 42.5 Å². The number of benzene rings is 2. The fraction of sp³-hybridized carbons (Fsp3) is 0.333. The zero-order valence-electron chi connectivity index (χ0n) is 13.2. The van der Waals surface area contributed by atoms with Crippen LogP contribution in [-0.2, 0) is 16.6 Å². The first-order chi connectivity index (χ1) is 11.5. The highest BCUT2D eigenvalue weighted by Crippen LogP contribution is 2.38. The molecular formula is C18H20FNO3S. The first-order valence-corrected chi connectivity index (χ1v) is 9.38. The van der Waals surface area contributed by atoms with E-state index >= 15 is 0 Å².